The standard InChI is InChI=1S/C14H20F3N3O4/c1-8(2)10(7-24-5-4-11(21)23-3)19-9-6-18-20-13(22)12(9)14(15,16)17/h6,8,10H,4-5,7H2,1-3H3,(H2,19,20,22)/t10-/m1/s1. The predicted octanol–water partition coefficient (Wildman–Crippen LogP) is 1.80. The van der Waals surface area contributed by atoms with Gasteiger partial charge in [0.05, 0.1) is 44.7 Å². The molecule has 0 amide bonds. The molecule has 0 saturated carbocycles. The van der Waals surface area contributed by atoms with Gasteiger partial charge >= 0.3 is 12.1 Å². The van der Waals surface area contributed by atoms with Crippen LogP contribution in [0.25, 0.3) is 0 Å². The van der Waals surface area contributed by atoms with Crippen LogP contribution in [0.5, 0.6) is 0 Å². The van der Waals surface area contributed by atoms with Crippen molar-refractivity contribution in [3.05, 3.63) is 22.1 Å². The second-order valence-corrected chi connectivity index (χ2v) is 5.38. The number of nitrogens with zero attached hydrogens (tertiary/aromatic N) is 1. The lowest BCUT2D eigenvalue weighted by Gasteiger charge is -2.24. The molecule has 24 heavy (non-hydrogen) atoms. The number of alkyl halides is 3. The molecule has 136 valence electrons. The average molecular weight is 351 g/mol. The Hall–Kier alpha value is -2.10. The number of carbonyl (C=O) groups excluding carboxylic acids is 1. The van der Waals surface area contributed by atoms with E-state index in [-0.39, 0.29) is 25.6 Å². The third kappa shape index (κ3) is 5.84. The van der Waals surface area contributed by atoms with Gasteiger partial charge in [-0.05, 0) is 5.92 Å². The smallest absolute Gasteiger partial charge is 0.423 e. The van der Waals surface area contributed by atoms with Gasteiger partial charge in [0.2, 0.25) is 0 Å². The minimum Gasteiger partial charge on any atom is -0.469 e. The monoisotopic (exact) mass is 351 g/mol. The second kappa shape index (κ2) is 8.67. The largest absolute Gasteiger partial charge is 0.469 e. The van der Waals surface area contributed by atoms with Gasteiger partial charge in [-0.3, -0.25) is 9.59 Å². The van der Waals surface area contributed by atoms with Crippen LogP contribution in [0.2, 0.25) is 0 Å². The quantitative estimate of drug-likeness (QED) is 0.548. The highest BCUT2D eigenvalue weighted by Crippen LogP contribution is 2.32. The third-order valence-corrected chi connectivity index (χ3v) is 3.26. The third-order valence-electron chi connectivity index (χ3n) is 3.26. The van der Waals surface area contributed by atoms with E-state index in [1.165, 1.54) is 7.11 Å². The number of anilines is 1. The number of aromatic nitrogens is 2. The van der Waals surface area contributed by atoms with Gasteiger partial charge in [-0.25, -0.2) is 5.10 Å². The molecule has 1 rings (SSSR count). The highest BCUT2D eigenvalue weighted by Gasteiger charge is 2.37. The topological polar surface area (TPSA) is 93.3 Å². The van der Waals surface area contributed by atoms with Gasteiger partial charge in [0.25, 0.3) is 5.56 Å². The Bertz CT molecular complexity index is 602. The molecule has 0 aliphatic heterocycles. The van der Waals surface area contributed by atoms with Crippen LogP contribution in [-0.4, -0.2) is 42.5 Å². The molecule has 1 aromatic rings. The van der Waals surface area contributed by atoms with Crippen molar-refractivity contribution in [3.8, 4) is 0 Å². The Kier molecular flexibility index (Phi) is 7.20. The lowest BCUT2D eigenvalue weighted by atomic mass is 10.0. The first-order valence-corrected chi connectivity index (χ1v) is 7.22. The zero-order valence-corrected chi connectivity index (χ0v) is 13.6. The molecule has 0 bridgehead atoms. The molecule has 2 N–H and O–H groups in total. The van der Waals surface area contributed by atoms with Gasteiger partial charge in [-0.2, -0.15) is 18.3 Å². The van der Waals surface area contributed by atoms with E-state index in [0.717, 1.165) is 6.20 Å². The Morgan fingerprint density at radius 1 is 1.42 bits per heavy atom. The first-order valence-electron chi connectivity index (χ1n) is 7.22. The molecule has 1 atom stereocenters. The number of ether oxygens (including phenoxy) is 2. The van der Waals surface area contributed by atoms with Crippen molar-refractivity contribution < 1.29 is 27.4 Å². The molecule has 0 aliphatic rings. The Balaban J connectivity index is 2.81. The highest BCUT2D eigenvalue weighted by atomic mass is 19.4. The van der Waals surface area contributed by atoms with Crippen LogP contribution in [0, 0.1) is 5.92 Å². The van der Waals surface area contributed by atoms with Crippen LogP contribution in [0.1, 0.15) is 25.8 Å². The van der Waals surface area contributed by atoms with E-state index in [0.29, 0.717) is 0 Å². The number of H-pyrrole nitrogens is 1. The van der Waals surface area contributed by atoms with Crippen molar-refractivity contribution in [2.45, 2.75) is 32.5 Å². The summed E-state index contributed by atoms with van der Waals surface area (Å²) in [7, 11) is 1.25. The van der Waals surface area contributed by atoms with E-state index in [4.69, 9.17) is 4.74 Å². The molecule has 0 aromatic carbocycles. The molecule has 1 heterocycles. The maximum atomic E-state index is 13.0. The Labute approximate surface area is 136 Å². The Morgan fingerprint density at radius 3 is 2.62 bits per heavy atom. The minimum atomic E-state index is -4.81. The number of hydrogen-bond donors (Lipinski definition) is 2. The number of aromatic amines is 1. The van der Waals surface area contributed by atoms with Crippen molar-refractivity contribution in [1.29, 1.82) is 0 Å². The molecule has 7 nitrogen and oxygen atoms in total. The van der Waals surface area contributed by atoms with E-state index < -0.39 is 35.0 Å². The molecule has 0 saturated heterocycles. The molecular weight excluding hydrogens is 331 g/mol. The van der Waals surface area contributed by atoms with E-state index in [1.807, 2.05) is 0 Å². The van der Waals surface area contributed by atoms with Crippen molar-refractivity contribution >= 4 is 11.7 Å². The summed E-state index contributed by atoms with van der Waals surface area (Å²) in [6.45, 7) is 3.71. The normalized spacial score (nSPS) is 13.0. The number of methoxy groups -OCH3 is 1. The molecule has 1 aromatic heterocycles. The average Bonchev–Trinajstić information content (AvgIpc) is 2.48. The summed E-state index contributed by atoms with van der Waals surface area (Å²) in [4.78, 5) is 22.4. The lowest BCUT2D eigenvalue weighted by Crippen LogP contribution is -2.34. The van der Waals surface area contributed by atoms with Crippen molar-refractivity contribution in [1.82, 2.24) is 10.2 Å². The predicted molar refractivity (Wildman–Crippen MR) is 79.6 cm³/mol. The maximum Gasteiger partial charge on any atom is 0.423 e. The molecule has 0 unspecified atom stereocenters. The van der Waals surface area contributed by atoms with Crippen LogP contribution in [0.3, 0.4) is 0 Å². The Morgan fingerprint density at radius 2 is 2.08 bits per heavy atom. The molecule has 10 heteroatoms. The fourth-order valence-electron chi connectivity index (χ4n) is 1.86. The summed E-state index contributed by atoms with van der Waals surface area (Å²) in [5, 5.41) is 7.82. The van der Waals surface area contributed by atoms with E-state index in [9.17, 15) is 22.8 Å². The lowest BCUT2D eigenvalue weighted by molar-refractivity contribution is -0.142. The number of rotatable bonds is 8. The van der Waals surface area contributed by atoms with Crippen LogP contribution in [-0.2, 0) is 20.4 Å². The van der Waals surface area contributed by atoms with Crippen LogP contribution >= 0.6 is 0 Å². The van der Waals surface area contributed by atoms with Crippen molar-refractivity contribution in [2.24, 2.45) is 5.92 Å². The number of carbonyl (C=O) groups is 1. The summed E-state index contributed by atoms with van der Waals surface area (Å²) in [6.07, 6.45) is -3.86. The van der Waals surface area contributed by atoms with Gasteiger partial charge in [0, 0.05) is 0 Å². The van der Waals surface area contributed by atoms with Gasteiger partial charge < -0.3 is 14.8 Å². The van der Waals surface area contributed by atoms with E-state index in [1.54, 1.807) is 18.9 Å². The van der Waals surface area contributed by atoms with Crippen LogP contribution in [0.4, 0.5) is 18.9 Å². The van der Waals surface area contributed by atoms with E-state index >= 15 is 0 Å². The SMILES string of the molecule is COC(=O)CCOC[C@@H](Nc1cn[nH]c(=O)c1C(F)(F)F)C(C)C. The van der Waals surface area contributed by atoms with E-state index in [2.05, 4.69) is 15.2 Å². The zero-order chi connectivity index (χ0) is 18.3. The van der Waals surface area contributed by atoms with Gasteiger partial charge in [0.15, 0.2) is 0 Å². The first kappa shape index (κ1) is 19.9. The summed E-state index contributed by atoms with van der Waals surface area (Å²) in [6, 6.07) is -0.507. The molecule has 0 radical (unpaired) electrons. The second-order valence-electron chi connectivity index (χ2n) is 5.38. The number of nitrogens with one attached hydrogen (secondary N) is 2. The van der Waals surface area contributed by atoms with Crippen molar-refractivity contribution in [3.63, 3.8) is 0 Å². The molecule has 0 fully saturated rings. The molecule has 0 spiro atoms. The van der Waals surface area contributed by atoms with Crippen molar-refractivity contribution in [2.75, 3.05) is 25.6 Å². The van der Waals surface area contributed by atoms with Crippen LogP contribution < -0.4 is 10.9 Å². The summed E-state index contributed by atoms with van der Waals surface area (Å²) >= 11 is 0. The zero-order valence-electron chi connectivity index (χ0n) is 13.6. The number of esters is 1. The highest BCUT2D eigenvalue weighted by molar-refractivity contribution is 5.69. The molecular formula is C14H20F3N3O4. The summed E-state index contributed by atoms with van der Waals surface area (Å²) in [5.74, 6) is -0.536. The summed E-state index contributed by atoms with van der Waals surface area (Å²) < 4.78 is 48.8. The summed E-state index contributed by atoms with van der Waals surface area (Å²) in [5.41, 5.74) is -3.07. The number of halogens is 3. The minimum absolute atomic E-state index is 0.0433. The fourth-order valence-corrected chi connectivity index (χ4v) is 1.86. The maximum absolute atomic E-state index is 13.0. The van der Waals surface area contributed by atoms with Crippen LogP contribution in [0.15, 0.2) is 11.0 Å². The van der Waals surface area contributed by atoms with Gasteiger partial charge in [0.1, 0.15) is 5.56 Å². The first-order chi connectivity index (χ1) is 11.2. The van der Waals surface area contributed by atoms with Gasteiger partial charge in [-0.15, -0.1) is 0 Å². The van der Waals surface area contributed by atoms with Gasteiger partial charge in [-0.1, -0.05) is 13.8 Å². The fraction of sp³-hybridized carbons (Fsp3) is 0.643. The molecule has 0 aliphatic carbocycles. The number of hydrogen-bond acceptors (Lipinski definition) is 6.